The van der Waals surface area contributed by atoms with E-state index < -0.39 is 0 Å². The summed E-state index contributed by atoms with van der Waals surface area (Å²) in [5.74, 6) is 1.07. The highest BCUT2D eigenvalue weighted by Crippen LogP contribution is 2.39. The number of piperazine rings is 1. The van der Waals surface area contributed by atoms with Crippen LogP contribution in [0.5, 0.6) is 11.5 Å². The Hall–Kier alpha value is -2.52. The summed E-state index contributed by atoms with van der Waals surface area (Å²) in [6.07, 6.45) is 6.11. The van der Waals surface area contributed by atoms with Crippen molar-refractivity contribution in [1.82, 2.24) is 19.8 Å². The summed E-state index contributed by atoms with van der Waals surface area (Å²) >= 11 is 12.5. The quantitative estimate of drug-likeness (QED) is 0.373. The predicted octanol–water partition coefficient (Wildman–Crippen LogP) is 4.78. The number of aromatic amines is 1. The van der Waals surface area contributed by atoms with Crippen molar-refractivity contribution in [2.45, 2.75) is 19.3 Å². The molecule has 0 spiro atoms. The van der Waals surface area contributed by atoms with Crippen LogP contribution in [0.4, 0.5) is 11.4 Å². The van der Waals surface area contributed by atoms with E-state index in [-0.39, 0.29) is 5.56 Å². The lowest BCUT2D eigenvalue weighted by molar-refractivity contribution is 0.151. The van der Waals surface area contributed by atoms with E-state index in [1.165, 1.54) is 18.5 Å². The van der Waals surface area contributed by atoms with Gasteiger partial charge in [0.05, 0.1) is 40.7 Å². The molecule has 1 aromatic carbocycles. The largest absolute Gasteiger partial charge is 0.493 e. The fraction of sp³-hybridized carbons (Fsp3) is 0.440. The first kappa shape index (κ1) is 25.6. The van der Waals surface area contributed by atoms with E-state index in [2.05, 4.69) is 32.1 Å². The molecule has 0 aliphatic carbocycles. The minimum absolute atomic E-state index is 0.286. The Balaban J connectivity index is 1.46. The number of nitrogens with one attached hydrogen (secondary N) is 2. The number of nitrogens with zero attached hydrogens (tertiary/aromatic N) is 3. The predicted molar refractivity (Wildman–Crippen MR) is 142 cm³/mol. The number of methoxy groups -OCH3 is 1. The molecule has 3 aromatic rings. The zero-order chi connectivity index (χ0) is 24.8. The number of benzene rings is 1. The normalized spacial score (nSPS) is 14.9. The van der Waals surface area contributed by atoms with Gasteiger partial charge in [-0.3, -0.25) is 9.78 Å². The van der Waals surface area contributed by atoms with Crippen LogP contribution in [0.25, 0.3) is 10.9 Å². The zero-order valence-electron chi connectivity index (χ0n) is 20.1. The molecule has 10 heteroatoms. The van der Waals surface area contributed by atoms with Crippen molar-refractivity contribution in [2.24, 2.45) is 0 Å². The lowest BCUT2D eigenvalue weighted by Gasteiger charge is -2.32. The van der Waals surface area contributed by atoms with Crippen LogP contribution in [-0.2, 0) is 0 Å². The van der Waals surface area contributed by atoms with Gasteiger partial charge in [-0.1, -0.05) is 23.2 Å². The van der Waals surface area contributed by atoms with Gasteiger partial charge in [-0.15, -0.1) is 0 Å². The van der Waals surface area contributed by atoms with Crippen molar-refractivity contribution in [2.75, 3.05) is 58.8 Å². The highest BCUT2D eigenvalue weighted by molar-refractivity contribution is 6.39. The van der Waals surface area contributed by atoms with Gasteiger partial charge >= 0.3 is 0 Å². The maximum Gasteiger partial charge on any atom is 0.250 e. The smallest absolute Gasteiger partial charge is 0.250 e. The lowest BCUT2D eigenvalue weighted by Crippen LogP contribution is -2.44. The van der Waals surface area contributed by atoms with Crippen LogP contribution in [0.1, 0.15) is 19.3 Å². The molecule has 2 N–H and O–H groups in total. The van der Waals surface area contributed by atoms with Gasteiger partial charge in [0.15, 0.2) is 11.5 Å². The summed E-state index contributed by atoms with van der Waals surface area (Å²) in [4.78, 5) is 24.3. The fourth-order valence-electron chi connectivity index (χ4n) is 4.21. The van der Waals surface area contributed by atoms with Crippen molar-refractivity contribution >= 4 is 45.5 Å². The minimum Gasteiger partial charge on any atom is -0.493 e. The van der Waals surface area contributed by atoms with Crippen molar-refractivity contribution in [3.05, 3.63) is 51.0 Å². The average molecular weight is 520 g/mol. The lowest BCUT2D eigenvalue weighted by atomic mass is 10.1. The molecule has 1 saturated heterocycles. The Labute approximate surface area is 215 Å². The maximum absolute atomic E-state index is 12.5. The molecule has 188 valence electrons. The standard InChI is InChI=1S/C25H31Cl2N5O3/c1-31-9-11-32(12-10-31)8-4-3-5-13-35-25-21(34-2)7-6-17-20(14-22(33)30-23(17)25)29-24-18(26)15-28-16-19(24)27/h6-7,14-16H,3-5,8-13H2,1-2H3,(H2,28,29,30,33). The molecule has 1 aliphatic heterocycles. The summed E-state index contributed by atoms with van der Waals surface area (Å²) in [5, 5.41) is 4.64. The monoisotopic (exact) mass is 519 g/mol. The van der Waals surface area contributed by atoms with Gasteiger partial charge in [-0.05, 0) is 45.0 Å². The van der Waals surface area contributed by atoms with Gasteiger partial charge < -0.3 is 29.6 Å². The number of hydrogen-bond donors (Lipinski definition) is 2. The number of halogens is 2. The Morgan fingerprint density at radius 1 is 1.09 bits per heavy atom. The number of fused-ring (bicyclic) bond motifs is 1. The summed E-state index contributed by atoms with van der Waals surface area (Å²) < 4.78 is 11.7. The molecule has 4 rings (SSSR count). The summed E-state index contributed by atoms with van der Waals surface area (Å²) in [5.41, 5.74) is 1.30. The van der Waals surface area contributed by atoms with Crippen LogP contribution < -0.4 is 20.3 Å². The number of ether oxygens (including phenoxy) is 2. The fourth-order valence-corrected chi connectivity index (χ4v) is 4.67. The Kier molecular flexibility index (Phi) is 8.73. The van der Waals surface area contributed by atoms with Gasteiger partial charge in [0.25, 0.3) is 5.56 Å². The second-order valence-electron chi connectivity index (χ2n) is 8.72. The third kappa shape index (κ3) is 6.38. The van der Waals surface area contributed by atoms with Crippen molar-refractivity contribution in [1.29, 1.82) is 0 Å². The van der Waals surface area contributed by atoms with Gasteiger partial charge in [-0.2, -0.15) is 0 Å². The molecular weight excluding hydrogens is 489 g/mol. The molecule has 0 bridgehead atoms. The number of rotatable bonds is 10. The van der Waals surface area contributed by atoms with E-state index in [4.69, 9.17) is 32.7 Å². The molecule has 3 heterocycles. The SMILES string of the molecule is COc1ccc2c(Nc3c(Cl)cncc3Cl)cc(=O)[nH]c2c1OCCCCCN1CCN(C)CC1. The summed E-state index contributed by atoms with van der Waals surface area (Å²) in [6.45, 7) is 6.20. The molecule has 1 fully saturated rings. The molecule has 0 atom stereocenters. The molecule has 0 saturated carbocycles. The number of H-pyrrole nitrogens is 1. The number of anilines is 2. The second kappa shape index (κ2) is 11.9. The van der Waals surface area contributed by atoms with E-state index in [0.29, 0.717) is 45.0 Å². The Morgan fingerprint density at radius 3 is 2.54 bits per heavy atom. The first-order valence-electron chi connectivity index (χ1n) is 11.8. The van der Waals surface area contributed by atoms with E-state index >= 15 is 0 Å². The number of likely N-dealkylation sites (N-methyl/N-ethyl adjacent to an activating group) is 1. The van der Waals surface area contributed by atoms with Crippen LogP contribution in [-0.4, -0.2) is 73.3 Å². The number of pyridine rings is 2. The summed E-state index contributed by atoms with van der Waals surface area (Å²) in [6, 6.07) is 5.15. The molecular formula is C25H31Cl2N5O3. The molecule has 0 unspecified atom stereocenters. The number of unbranched alkanes of at least 4 members (excludes halogenated alkanes) is 2. The van der Waals surface area contributed by atoms with Crippen LogP contribution in [0.3, 0.4) is 0 Å². The van der Waals surface area contributed by atoms with Crippen molar-refractivity contribution < 1.29 is 9.47 Å². The highest BCUT2D eigenvalue weighted by atomic mass is 35.5. The van der Waals surface area contributed by atoms with Gasteiger partial charge in [0, 0.05) is 50.0 Å². The van der Waals surface area contributed by atoms with E-state index in [1.807, 2.05) is 12.1 Å². The van der Waals surface area contributed by atoms with Crippen LogP contribution in [0, 0.1) is 0 Å². The van der Waals surface area contributed by atoms with Crippen molar-refractivity contribution in [3.8, 4) is 11.5 Å². The van der Waals surface area contributed by atoms with Crippen LogP contribution in [0.2, 0.25) is 10.0 Å². The maximum atomic E-state index is 12.5. The third-order valence-electron chi connectivity index (χ3n) is 6.23. The highest BCUT2D eigenvalue weighted by Gasteiger charge is 2.16. The van der Waals surface area contributed by atoms with Crippen molar-refractivity contribution in [3.63, 3.8) is 0 Å². The van der Waals surface area contributed by atoms with E-state index in [0.717, 1.165) is 57.4 Å². The molecule has 0 radical (unpaired) electrons. The molecule has 35 heavy (non-hydrogen) atoms. The first-order chi connectivity index (χ1) is 17.0. The van der Waals surface area contributed by atoms with Crippen LogP contribution >= 0.6 is 23.2 Å². The second-order valence-corrected chi connectivity index (χ2v) is 9.54. The first-order valence-corrected chi connectivity index (χ1v) is 12.6. The Morgan fingerprint density at radius 2 is 1.83 bits per heavy atom. The molecule has 8 nitrogen and oxygen atoms in total. The van der Waals surface area contributed by atoms with Gasteiger partial charge in [-0.25, -0.2) is 0 Å². The third-order valence-corrected chi connectivity index (χ3v) is 6.80. The van der Waals surface area contributed by atoms with Gasteiger partial charge in [0.2, 0.25) is 0 Å². The van der Waals surface area contributed by atoms with E-state index in [9.17, 15) is 4.79 Å². The summed E-state index contributed by atoms with van der Waals surface area (Å²) in [7, 11) is 3.76. The Bertz CT molecular complexity index is 1190. The zero-order valence-corrected chi connectivity index (χ0v) is 21.6. The topological polar surface area (TPSA) is 82.7 Å². The van der Waals surface area contributed by atoms with Gasteiger partial charge in [0.1, 0.15) is 0 Å². The van der Waals surface area contributed by atoms with E-state index in [1.54, 1.807) is 7.11 Å². The molecule has 0 amide bonds. The van der Waals surface area contributed by atoms with Crippen LogP contribution in [0.15, 0.2) is 35.4 Å². The average Bonchev–Trinajstić information content (AvgIpc) is 2.84. The molecule has 2 aromatic heterocycles. The minimum atomic E-state index is -0.286. The number of hydrogen-bond acceptors (Lipinski definition) is 7. The molecule has 1 aliphatic rings. The number of aromatic nitrogens is 2.